The van der Waals surface area contributed by atoms with Crippen LogP contribution < -0.4 is 5.32 Å². The summed E-state index contributed by atoms with van der Waals surface area (Å²) >= 11 is 5.94. The van der Waals surface area contributed by atoms with Crippen LogP contribution in [0.1, 0.15) is 18.1 Å². The second-order valence-corrected chi connectivity index (χ2v) is 5.37. The van der Waals surface area contributed by atoms with Gasteiger partial charge in [-0.2, -0.15) is 0 Å². The van der Waals surface area contributed by atoms with Crippen molar-refractivity contribution >= 4 is 35.2 Å². The molecule has 1 N–H and O–H groups in total. The predicted octanol–water partition coefficient (Wildman–Crippen LogP) is 3.93. The van der Waals surface area contributed by atoms with Crippen molar-refractivity contribution in [3.63, 3.8) is 0 Å². The third-order valence-electron chi connectivity index (χ3n) is 3.33. The lowest BCUT2D eigenvalue weighted by atomic mass is 10.1. The zero-order valence-corrected chi connectivity index (χ0v) is 13.3. The van der Waals surface area contributed by atoms with Gasteiger partial charge in [0.2, 0.25) is 0 Å². The number of ether oxygens (including phenoxy) is 1. The Morgan fingerprint density at radius 2 is 1.91 bits per heavy atom. The Hall–Kier alpha value is -2.59. The van der Waals surface area contributed by atoms with Gasteiger partial charge in [-0.15, -0.1) is 0 Å². The third kappa shape index (κ3) is 3.43. The Balaban J connectivity index is 2.07. The Labute approximate surface area is 139 Å². The highest BCUT2D eigenvalue weighted by Crippen LogP contribution is 2.25. The molecule has 2 aromatic rings. The standard InChI is InChI=1S/C18H15ClN2O2/c1-2-23-18(22)16-11-13-5-3-4-6-15(13)20-17(21-16)12-7-9-14(19)10-8-12/h3-11H,2H2,1H3,(H,20,21). The van der Waals surface area contributed by atoms with Crippen molar-refractivity contribution < 1.29 is 9.53 Å². The summed E-state index contributed by atoms with van der Waals surface area (Å²) in [6.07, 6.45) is 1.75. The molecule has 0 amide bonds. The van der Waals surface area contributed by atoms with Gasteiger partial charge in [-0.05, 0) is 43.3 Å². The van der Waals surface area contributed by atoms with E-state index in [4.69, 9.17) is 16.3 Å². The molecule has 2 aromatic carbocycles. The van der Waals surface area contributed by atoms with Crippen LogP contribution in [0.2, 0.25) is 5.02 Å². The second kappa shape index (κ2) is 6.67. The molecule has 0 spiro atoms. The van der Waals surface area contributed by atoms with Gasteiger partial charge in [0.05, 0.1) is 12.3 Å². The summed E-state index contributed by atoms with van der Waals surface area (Å²) in [5.41, 5.74) is 2.82. The normalized spacial score (nSPS) is 13.1. The highest BCUT2D eigenvalue weighted by Gasteiger charge is 2.18. The third-order valence-corrected chi connectivity index (χ3v) is 3.59. The molecule has 4 nitrogen and oxygen atoms in total. The number of carbonyl (C=O) groups is 1. The molecule has 0 saturated carbocycles. The predicted molar refractivity (Wildman–Crippen MR) is 91.8 cm³/mol. The number of halogens is 1. The zero-order valence-electron chi connectivity index (χ0n) is 12.5. The van der Waals surface area contributed by atoms with E-state index in [1.807, 2.05) is 36.4 Å². The fraction of sp³-hybridized carbons (Fsp3) is 0.111. The number of rotatable bonds is 3. The van der Waals surface area contributed by atoms with E-state index >= 15 is 0 Å². The Morgan fingerprint density at radius 3 is 2.65 bits per heavy atom. The number of fused-ring (bicyclic) bond motifs is 1. The van der Waals surface area contributed by atoms with Crippen LogP contribution >= 0.6 is 11.6 Å². The molecule has 0 atom stereocenters. The minimum Gasteiger partial charge on any atom is -0.461 e. The summed E-state index contributed by atoms with van der Waals surface area (Å²) in [7, 11) is 0. The van der Waals surface area contributed by atoms with Crippen molar-refractivity contribution in [3.05, 3.63) is 70.4 Å². The summed E-state index contributed by atoms with van der Waals surface area (Å²) < 4.78 is 5.11. The van der Waals surface area contributed by atoms with E-state index < -0.39 is 5.97 Å². The van der Waals surface area contributed by atoms with E-state index in [2.05, 4.69) is 10.3 Å². The molecular formula is C18H15ClN2O2. The molecule has 0 saturated heterocycles. The number of para-hydroxylation sites is 1. The maximum absolute atomic E-state index is 12.2. The van der Waals surface area contributed by atoms with Crippen molar-refractivity contribution in [1.29, 1.82) is 0 Å². The maximum Gasteiger partial charge on any atom is 0.354 e. The summed E-state index contributed by atoms with van der Waals surface area (Å²) in [5.74, 6) is 0.164. The van der Waals surface area contributed by atoms with Crippen molar-refractivity contribution in [2.75, 3.05) is 6.61 Å². The van der Waals surface area contributed by atoms with E-state index in [0.717, 1.165) is 16.8 Å². The molecule has 5 heteroatoms. The number of nitrogens with zero attached hydrogens (tertiary/aromatic N) is 1. The molecule has 0 unspecified atom stereocenters. The summed E-state index contributed by atoms with van der Waals surface area (Å²) in [6, 6.07) is 14.9. The lowest BCUT2D eigenvalue weighted by Gasteiger charge is -2.11. The van der Waals surface area contributed by atoms with Gasteiger partial charge in [0, 0.05) is 16.1 Å². The highest BCUT2D eigenvalue weighted by atomic mass is 35.5. The second-order valence-electron chi connectivity index (χ2n) is 4.93. The number of aliphatic imine (C=N–C) groups is 1. The van der Waals surface area contributed by atoms with Crippen LogP contribution in [0, 0.1) is 0 Å². The molecular weight excluding hydrogens is 312 g/mol. The zero-order chi connectivity index (χ0) is 16.2. The lowest BCUT2D eigenvalue weighted by Crippen LogP contribution is -2.28. The van der Waals surface area contributed by atoms with E-state index in [0.29, 0.717) is 23.2 Å². The summed E-state index contributed by atoms with van der Waals surface area (Å²) in [4.78, 5) is 16.8. The first-order valence-electron chi connectivity index (χ1n) is 7.27. The van der Waals surface area contributed by atoms with E-state index in [9.17, 15) is 4.79 Å². The monoisotopic (exact) mass is 326 g/mol. The molecule has 0 aromatic heterocycles. The summed E-state index contributed by atoms with van der Waals surface area (Å²) in [6.45, 7) is 2.09. The molecule has 0 fully saturated rings. The maximum atomic E-state index is 12.2. The molecule has 0 bridgehead atoms. The molecule has 23 heavy (non-hydrogen) atoms. The fourth-order valence-corrected chi connectivity index (χ4v) is 2.37. The number of nitrogens with one attached hydrogen (secondary N) is 1. The first-order chi connectivity index (χ1) is 11.2. The van der Waals surface area contributed by atoms with Crippen molar-refractivity contribution in [3.8, 4) is 0 Å². The van der Waals surface area contributed by atoms with E-state index in [1.54, 1.807) is 25.1 Å². The van der Waals surface area contributed by atoms with Gasteiger partial charge in [-0.1, -0.05) is 29.8 Å². The van der Waals surface area contributed by atoms with Crippen molar-refractivity contribution in [1.82, 2.24) is 5.32 Å². The topological polar surface area (TPSA) is 50.7 Å². The molecule has 3 rings (SSSR count). The van der Waals surface area contributed by atoms with Gasteiger partial charge in [0.15, 0.2) is 0 Å². The molecule has 1 aliphatic rings. The highest BCUT2D eigenvalue weighted by molar-refractivity contribution is 6.30. The van der Waals surface area contributed by atoms with Crippen LogP contribution in [0.4, 0.5) is 5.69 Å². The summed E-state index contributed by atoms with van der Waals surface area (Å²) in [5, 5.41) is 3.72. The minimum atomic E-state index is -0.411. The van der Waals surface area contributed by atoms with E-state index in [-0.39, 0.29) is 0 Å². The number of benzene rings is 2. The number of amidine groups is 1. The van der Waals surface area contributed by atoms with Crippen LogP contribution in [0.15, 0.2) is 59.2 Å². The Bertz CT molecular complexity index is 795. The molecule has 1 aliphatic heterocycles. The van der Waals surface area contributed by atoms with Crippen molar-refractivity contribution in [2.24, 2.45) is 4.99 Å². The van der Waals surface area contributed by atoms with Gasteiger partial charge in [-0.25, -0.2) is 9.79 Å². The van der Waals surface area contributed by atoms with Gasteiger partial charge in [0.25, 0.3) is 0 Å². The molecule has 0 radical (unpaired) electrons. The van der Waals surface area contributed by atoms with Crippen LogP contribution in [0.25, 0.3) is 6.08 Å². The Morgan fingerprint density at radius 1 is 1.17 bits per heavy atom. The first-order valence-corrected chi connectivity index (χ1v) is 7.64. The van der Waals surface area contributed by atoms with Gasteiger partial charge in [-0.3, -0.25) is 0 Å². The molecule has 116 valence electrons. The minimum absolute atomic E-state index is 0.312. The average molecular weight is 327 g/mol. The van der Waals surface area contributed by atoms with Crippen LogP contribution in [-0.2, 0) is 9.53 Å². The number of carbonyl (C=O) groups excluding carboxylic acids is 1. The Kier molecular flexibility index (Phi) is 4.44. The van der Waals surface area contributed by atoms with Gasteiger partial charge in [0.1, 0.15) is 11.5 Å². The van der Waals surface area contributed by atoms with Crippen molar-refractivity contribution in [2.45, 2.75) is 6.92 Å². The van der Waals surface area contributed by atoms with Gasteiger partial charge >= 0.3 is 5.97 Å². The average Bonchev–Trinajstić information content (AvgIpc) is 2.75. The SMILES string of the molecule is CCOC(=O)C1=Cc2ccccc2N=C(c2ccc(Cl)cc2)N1. The largest absolute Gasteiger partial charge is 0.461 e. The van der Waals surface area contributed by atoms with Gasteiger partial charge < -0.3 is 10.1 Å². The fourth-order valence-electron chi connectivity index (χ4n) is 2.24. The smallest absolute Gasteiger partial charge is 0.354 e. The van der Waals surface area contributed by atoms with E-state index in [1.165, 1.54) is 0 Å². The lowest BCUT2D eigenvalue weighted by molar-refractivity contribution is -0.138. The number of hydrogen-bond donors (Lipinski definition) is 1. The number of esters is 1. The quantitative estimate of drug-likeness (QED) is 0.870. The number of hydrogen-bond acceptors (Lipinski definition) is 4. The van der Waals surface area contributed by atoms with Crippen LogP contribution in [0.3, 0.4) is 0 Å². The van der Waals surface area contributed by atoms with Crippen LogP contribution in [-0.4, -0.2) is 18.4 Å². The van der Waals surface area contributed by atoms with Crippen LogP contribution in [0.5, 0.6) is 0 Å². The first kappa shape index (κ1) is 15.3. The molecule has 0 aliphatic carbocycles. The molecule has 1 heterocycles.